The van der Waals surface area contributed by atoms with Crippen molar-refractivity contribution in [2.45, 2.75) is 31.8 Å². The topological polar surface area (TPSA) is 15.3 Å². The van der Waals surface area contributed by atoms with Crippen molar-refractivity contribution in [1.82, 2.24) is 10.2 Å². The second kappa shape index (κ2) is 5.20. The highest BCUT2D eigenvalue weighted by atomic mass is 35.5. The predicted octanol–water partition coefficient (Wildman–Crippen LogP) is 3.08. The second-order valence-corrected chi connectivity index (χ2v) is 6.12. The molecule has 3 rings (SSSR count). The van der Waals surface area contributed by atoms with Crippen LogP contribution >= 0.6 is 11.6 Å². The molecule has 3 heteroatoms. The summed E-state index contributed by atoms with van der Waals surface area (Å²) in [6.45, 7) is 6.12. The van der Waals surface area contributed by atoms with Gasteiger partial charge in [-0.05, 0) is 56.5 Å². The molecule has 1 aromatic rings. The van der Waals surface area contributed by atoms with Crippen molar-refractivity contribution in [3.63, 3.8) is 0 Å². The average Bonchev–Trinajstić information content (AvgIpc) is 2.76. The average molecular weight is 265 g/mol. The second-order valence-electron chi connectivity index (χ2n) is 5.68. The molecule has 98 valence electrons. The van der Waals surface area contributed by atoms with Crippen molar-refractivity contribution in [1.29, 1.82) is 0 Å². The Morgan fingerprint density at radius 2 is 1.94 bits per heavy atom. The first-order chi connectivity index (χ1) is 8.72. The van der Waals surface area contributed by atoms with E-state index in [1.165, 1.54) is 38.0 Å². The maximum atomic E-state index is 5.93. The molecule has 1 N–H and O–H groups in total. The lowest BCUT2D eigenvalue weighted by atomic mass is 9.93. The van der Waals surface area contributed by atoms with Crippen LogP contribution in [0.15, 0.2) is 24.3 Å². The Morgan fingerprint density at radius 3 is 2.72 bits per heavy atom. The molecule has 0 aromatic heterocycles. The Labute approximate surface area is 114 Å². The van der Waals surface area contributed by atoms with E-state index in [-0.39, 0.29) is 0 Å². The molecule has 3 unspecified atom stereocenters. The van der Waals surface area contributed by atoms with E-state index in [0.717, 1.165) is 10.9 Å². The summed E-state index contributed by atoms with van der Waals surface area (Å²) in [5.74, 6) is 0.855. The van der Waals surface area contributed by atoms with E-state index in [2.05, 4.69) is 29.3 Å². The minimum absolute atomic E-state index is 0.416. The van der Waals surface area contributed by atoms with E-state index in [9.17, 15) is 0 Å². The number of rotatable bonds is 3. The van der Waals surface area contributed by atoms with Gasteiger partial charge in [0.1, 0.15) is 0 Å². The first-order valence-corrected chi connectivity index (χ1v) is 7.34. The molecule has 2 aliphatic heterocycles. The third-order valence-electron chi connectivity index (χ3n) is 4.47. The van der Waals surface area contributed by atoms with Crippen LogP contribution in [-0.2, 0) is 0 Å². The summed E-state index contributed by atoms with van der Waals surface area (Å²) in [7, 11) is 0. The molecule has 0 amide bonds. The summed E-state index contributed by atoms with van der Waals surface area (Å²) < 4.78 is 0. The molecule has 2 nitrogen and oxygen atoms in total. The van der Waals surface area contributed by atoms with Gasteiger partial charge in [-0.1, -0.05) is 23.7 Å². The van der Waals surface area contributed by atoms with Gasteiger partial charge in [-0.3, -0.25) is 0 Å². The molecule has 2 bridgehead atoms. The van der Waals surface area contributed by atoms with Gasteiger partial charge in [-0.25, -0.2) is 0 Å². The highest BCUT2D eigenvalue weighted by molar-refractivity contribution is 6.30. The third kappa shape index (κ3) is 2.56. The molecule has 2 saturated heterocycles. The highest BCUT2D eigenvalue weighted by Gasteiger charge is 2.34. The van der Waals surface area contributed by atoms with Crippen molar-refractivity contribution in [3.05, 3.63) is 34.9 Å². The summed E-state index contributed by atoms with van der Waals surface area (Å²) in [6.07, 6.45) is 2.66. The molecule has 2 heterocycles. The normalized spacial score (nSPS) is 32.4. The van der Waals surface area contributed by atoms with Crippen molar-refractivity contribution in [2.24, 2.45) is 5.92 Å². The fourth-order valence-electron chi connectivity index (χ4n) is 3.34. The van der Waals surface area contributed by atoms with Gasteiger partial charge in [-0.2, -0.15) is 0 Å². The number of piperidine rings is 1. The van der Waals surface area contributed by atoms with E-state index in [1.54, 1.807) is 0 Å². The number of benzene rings is 1. The van der Waals surface area contributed by atoms with Crippen molar-refractivity contribution < 1.29 is 0 Å². The Morgan fingerprint density at radius 1 is 1.22 bits per heavy atom. The zero-order chi connectivity index (χ0) is 12.5. The van der Waals surface area contributed by atoms with Gasteiger partial charge in [0, 0.05) is 23.7 Å². The summed E-state index contributed by atoms with van der Waals surface area (Å²) in [5.41, 5.74) is 1.33. The Balaban J connectivity index is 1.63. The molecule has 18 heavy (non-hydrogen) atoms. The van der Waals surface area contributed by atoms with Crippen LogP contribution in [0.25, 0.3) is 0 Å². The Kier molecular flexibility index (Phi) is 3.60. The van der Waals surface area contributed by atoms with Crippen molar-refractivity contribution in [3.8, 4) is 0 Å². The third-order valence-corrected chi connectivity index (χ3v) is 4.72. The summed E-state index contributed by atoms with van der Waals surface area (Å²) in [6, 6.07) is 9.32. The maximum Gasteiger partial charge on any atom is 0.0406 e. The smallest absolute Gasteiger partial charge is 0.0406 e. The Hall–Kier alpha value is -0.570. The summed E-state index contributed by atoms with van der Waals surface area (Å²) in [4.78, 5) is 2.59. The van der Waals surface area contributed by atoms with Gasteiger partial charge in [0.05, 0.1) is 0 Å². The molecule has 0 radical (unpaired) electrons. The van der Waals surface area contributed by atoms with E-state index < -0.39 is 0 Å². The molecular weight excluding hydrogens is 244 g/mol. The van der Waals surface area contributed by atoms with Crippen LogP contribution < -0.4 is 5.32 Å². The fraction of sp³-hybridized carbons (Fsp3) is 0.600. The lowest BCUT2D eigenvalue weighted by Crippen LogP contribution is -2.44. The fourth-order valence-corrected chi connectivity index (χ4v) is 3.47. The van der Waals surface area contributed by atoms with Gasteiger partial charge in [0.25, 0.3) is 0 Å². The van der Waals surface area contributed by atoms with Crippen LogP contribution in [0, 0.1) is 5.92 Å². The van der Waals surface area contributed by atoms with Crippen LogP contribution in [-0.4, -0.2) is 30.6 Å². The van der Waals surface area contributed by atoms with Gasteiger partial charge >= 0.3 is 0 Å². The SMILES string of the molecule is C[C@@H](NC1CCN2CCC1C2)c1ccc(Cl)cc1. The molecule has 0 spiro atoms. The molecule has 4 atom stereocenters. The lowest BCUT2D eigenvalue weighted by molar-refractivity contribution is 0.212. The van der Waals surface area contributed by atoms with Crippen LogP contribution in [0.2, 0.25) is 5.02 Å². The summed E-state index contributed by atoms with van der Waals surface area (Å²) in [5, 5.41) is 4.63. The number of halogens is 1. The van der Waals surface area contributed by atoms with Crippen LogP contribution in [0.3, 0.4) is 0 Å². The highest BCUT2D eigenvalue weighted by Crippen LogP contribution is 2.29. The molecule has 2 fully saturated rings. The minimum atomic E-state index is 0.416. The largest absolute Gasteiger partial charge is 0.307 e. The number of fused-ring (bicyclic) bond motifs is 2. The van der Waals surface area contributed by atoms with Gasteiger partial charge < -0.3 is 10.2 Å². The van der Waals surface area contributed by atoms with Crippen molar-refractivity contribution in [2.75, 3.05) is 19.6 Å². The number of hydrogen-bond donors (Lipinski definition) is 1. The van der Waals surface area contributed by atoms with Gasteiger partial charge in [-0.15, -0.1) is 0 Å². The minimum Gasteiger partial charge on any atom is -0.307 e. The zero-order valence-corrected chi connectivity index (χ0v) is 11.7. The molecule has 2 aliphatic rings. The number of hydrogen-bond acceptors (Lipinski definition) is 2. The quantitative estimate of drug-likeness (QED) is 0.903. The monoisotopic (exact) mass is 264 g/mol. The first-order valence-electron chi connectivity index (χ1n) is 6.96. The predicted molar refractivity (Wildman–Crippen MR) is 76.0 cm³/mol. The zero-order valence-electron chi connectivity index (χ0n) is 10.9. The number of nitrogens with one attached hydrogen (secondary N) is 1. The molecule has 1 aromatic carbocycles. The van der Waals surface area contributed by atoms with Crippen molar-refractivity contribution >= 4 is 11.6 Å². The van der Waals surface area contributed by atoms with E-state index in [4.69, 9.17) is 11.6 Å². The Bertz CT molecular complexity index is 403. The first kappa shape index (κ1) is 12.5. The van der Waals surface area contributed by atoms with Crippen LogP contribution in [0.5, 0.6) is 0 Å². The molecular formula is C15H21ClN2. The van der Waals surface area contributed by atoms with Gasteiger partial charge in [0.2, 0.25) is 0 Å². The molecule has 0 saturated carbocycles. The standard InChI is InChI=1S/C15H21ClN2/c1-11(12-2-4-14(16)5-3-12)17-15-7-9-18-8-6-13(15)10-18/h2-5,11,13,15,17H,6-10H2,1H3/t11-,13?,15?/m1/s1. The molecule has 0 aliphatic carbocycles. The van der Waals surface area contributed by atoms with Crippen LogP contribution in [0.4, 0.5) is 0 Å². The van der Waals surface area contributed by atoms with Crippen LogP contribution in [0.1, 0.15) is 31.4 Å². The van der Waals surface area contributed by atoms with E-state index >= 15 is 0 Å². The van der Waals surface area contributed by atoms with Gasteiger partial charge in [0.15, 0.2) is 0 Å². The van der Waals surface area contributed by atoms with E-state index in [1.807, 2.05) is 12.1 Å². The lowest BCUT2D eigenvalue weighted by Gasteiger charge is -2.33. The van der Waals surface area contributed by atoms with E-state index in [0.29, 0.717) is 12.1 Å². The maximum absolute atomic E-state index is 5.93. The summed E-state index contributed by atoms with van der Waals surface area (Å²) >= 11 is 5.93. The number of nitrogens with zero attached hydrogens (tertiary/aromatic N) is 1.